The van der Waals surface area contributed by atoms with Crippen LogP contribution in [-0.2, 0) is 42.1 Å². The smallest absolute Gasteiger partial charge is 0.699 e. The van der Waals surface area contributed by atoms with Gasteiger partial charge in [-0.05, 0) is 53.6 Å². The molecule has 0 aromatic heterocycles. The molecule has 5 aliphatic rings. The number of rotatable bonds is 16. The summed E-state index contributed by atoms with van der Waals surface area (Å²) in [7, 11) is 4.98. The Bertz CT molecular complexity index is 2820. The maximum absolute atomic E-state index is 13.7. The first-order valence-corrected chi connectivity index (χ1v) is 22.6. The average molecular weight is 1140 g/mol. The molecule has 0 unspecified atom stereocenters. The number of carboxylic acids is 1. The normalized spacial score (nSPS) is 18.0. The molecule has 0 saturated carbocycles. The Labute approximate surface area is 425 Å². The van der Waals surface area contributed by atoms with Crippen LogP contribution in [0.5, 0.6) is 23.0 Å². The third kappa shape index (κ3) is 11.4. The maximum atomic E-state index is 13.7. The summed E-state index contributed by atoms with van der Waals surface area (Å²) in [6.07, 6.45) is 8.70. The summed E-state index contributed by atoms with van der Waals surface area (Å²) in [5.41, 5.74) is 13.6. The average Bonchev–Trinajstić information content (AvgIpc) is 3.93. The van der Waals surface area contributed by atoms with Crippen molar-refractivity contribution < 1.29 is 74.2 Å². The molecule has 71 heavy (non-hydrogen) atoms. The number of likely N-dealkylation sites (N-methyl/N-ethyl adjacent to an activating group) is 1. The van der Waals surface area contributed by atoms with Gasteiger partial charge in [-0.2, -0.15) is 0 Å². The number of likely N-dealkylation sites (tertiary alicyclic amines) is 1. The zero-order chi connectivity index (χ0) is 49.7. The van der Waals surface area contributed by atoms with Crippen molar-refractivity contribution >= 4 is 70.1 Å². The van der Waals surface area contributed by atoms with Crippen LogP contribution in [0, 0.1) is 6.92 Å². The molecule has 368 valence electrons. The van der Waals surface area contributed by atoms with E-state index in [1.54, 1.807) is 65.7 Å². The van der Waals surface area contributed by atoms with E-state index in [1.165, 1.54) is 7.11 Å². The molecule has 0 bridgehead atoms. The van der Waals surface area contributed by atoms with Crippen molar-refractivity contribution in [2.24, 2.45) is 9.98 Å². The minimum Gasteiger partial charge on any atom is -0.699 e. The topological polar surface area (TPSA) is 233 Å². The molecule has 0 aliphatic carbocycles. The van der Waals surface area contributed by atoms with Gasteiger partial charge < -0.3 is 66.6 Å². The van der Waals surface area contributed by atoms with Gasteiger partial charge >= 0.3 is 27.0 Å². The Morgan fingerprint density at radius 3 is 1.82 bits per heavy atom. The quantitative estimate of drug-likeness (QED) is 0.0784. The molecule has 1 saturated heterocycles. The van der Waals surface area contributed by atoms with E-state index in [-0.39, 0.29) is 83.4 Å². The second kappa shape index (κ2) is 22.2. The van der Waals surface area contributed by atoms with Crippen molar-refractivity contribution in [1.29, 1.82) is 0 Å². The Kier molecular flexibility index (Phi) is 16.1. The third-order valence-electron chi connectivity index (χ3n) is 12.6. The summed E-state index contributed by atoms with van der Waals surface area (Å²) in [5.74, 6) is -0.0924. The van der Waals surface area contributed by atoms with Gasteiger partial charge in [0, 0.05) is 87.1 Å². The number of hydrogen-bond donors (Lipinski definition) is 3. The number of aliphatic hydroxyl groups is 1. The Balaban J connectivity index is 0.000000373. The number of ketones is 1. The number of aliphatic carboxylic acids is 1. The van der Waals surface area contributed by atoms with Gasteiger partial charge in [-0.3, -0.25) is 29.2 Å². The molecule has 2 atom stereocenters. The van der Waals surface area contributed by atoms with Crippen LogP contribution in [0.4, 0.5) is 17.1 Å². The number of carbonyl (C=O) groups is 5. The molecule has 0 spiro atoms. The van der Waals surface area contributed by atoms with Gasteiger partial charge in [-0.15, -0.1) is 5.69 Å². The summed E-state index contributed by atoms with van der Waals surface area (Å²) < 4.78 is 23.1. The number of nitrogens with zero attached hydrogens (tertiary/aromatic N) is 5. The second-order valence-electron chi connectivity index (χ2n) is 17.5. The van der Waals surface area contributed by atoms with Crippen LogP contribution in [0.15, 0.2) is 95.2 Å². The molecular weight excluding hydrogens is 1080 g/mol. The first kappa shape index (κ1) is 51.6. The fourth-order valence-electron chi connectivity index (χ4n) is 8.86. The fraction of sp³-hybridized carbons (Fsp3) is 0.308. The predicted octanol–water partition coefficient (Wildman–Crippen LogP) is 6.72. The van der Waals surface area contributed by atoms with E-state index < -0.39 is 17.4 Å². The molecule has 19 heteroatoms. The molecule has 9 rings (SSSR count). The molecular formula is C52H53N7O11W. The number of methoxy groups -OCH3 is 2. The van der Waals surface area contributed by atoms with Crippen LogP contribution in [0.2, 0.25) is 0 Å². The third-order valence-corrected chi connectivity index (χ3v) is 12.6. The van der Waals surface area contributed by atoms with Crippen molar-refractivity contribution in [2.75, 3.05) is 47.6 Å². The van der Waals surface area contributed by atoms with Crippen molar-refractivity contribution in [3.8, 4) is 23.0 Å². The maximum Gasteiger partial charge on any atom is 2.00 e. The minimum absolute atomic E-state index is 0. The van der Waals surface area contributed by atoms with Crippen molar-refractivity contribution in [2.45, 2.75) is 56.3 Å². The van der Waals surface area contributed by atoms with Gasteiger partial charge in [-0.1, -0.05) is 36.4 Å². The summed E-state index contributed by atoms with van der Waals surface area (Å²) >= 11 is 0. The SMILES string of the molecule is COc1ccc(C2=CN3C(=O)c4cc(CO)c(OCCCOc5cc6c(cc5OC)C(=O)N5C=C(c7ccc([NH-])cc7)C[C@H]5C=N6)cc4N=C[C@@H]3C2)cc1.[CH2-]C(=O)C1(NC(=O)CCC(=O)O)CN(C)C1.[W+2]. The number of aliphatic hydroxyl groups excluding tert-OH is 1. The molecule has 5 heterocycles. The number of Topliss-reactive ketones (excluding diaryl/α,β-unsaturated/α-hetero) is 1. The molecule has 0 radical (unpaired) electrons. The van der Waals surface area contributed by atoms with Gasteiger partial charge in [0.2, 0.25) is 5.91 Å². The molecule has 5 aliphatic heterocycles. The van der Waals surface area contributed by atoms with E-state index in [9.17, 15) is 29.1 Å². The number of hydrogen-bond acceptors (Lipinski definition) is 13. The van der Waals surface area contributed by atoms with Gasteiger partial charge in [0.1, 0.15) is 11.5 Å². The summed E-state index contributed by atoms with van der Waals surface area (Å²) in [6, 6.07) is 21.3. The van der Waals surface area contributed by atoms with E-state index in [0.29, 0.717) is 83.4 Å². The second-order valence-corrected chi connectivity index (χ2v) is 17.5. The molecule has 1 fully saturated rings. The summed E-state index contributed by atoms with van der Waals surface area (Å²) in [5, 5.41) is 21.2. The van der Waals surface area contributed by atoms with Gasteiger partial charge in [0.15, 0.2) is 11.5 Å². The number of benzene rings is 4. The number of aliphatic imine (C=N–C) groups is 2. The zero-order valence-electron chi connectivity index (χ0n) is 39.4. The van der Waals surface area contributed by atoms with Crippen LogP contribution in [0.3, 0.4) is 0 Å². The summed E-state index contributed by atoms with van der Waals surface area (Å²) in [6.45, 7) is 4.40. The molecule has 4 aromatic rings. The number of carbonyl (C=O) groups excluding carboxylic acids is 4. The van der Waals surface area contributed by atoms with E-state index in [0.717, 1.165) is 28.0 Å². The molecule has 3 amide bonds. The first-order chi connectivity index (χ1) is 33.7. The van der Waals surface area contributed by atoms with Gasteiger partial charge in [-0.25, -0.2) is 0 Å². The predicted molar refractivity (Wildman–Crippen MR) is 261 cm³/mol. The largest absolute Gasteiger partial charge is 2.00 e. The van der Waals surface area contributed by atoms with Crippen molar-refractivity contribution in [3.05, 3.63) is 126 Å². The van der Waals surface area contributed by atoms with E-state index in [1.807, 2.05) is 60.7 Å². The van der Waals surface area contributed by atoms with Crippen LogP contribution in [-0.4, -0.2) is 132 Å². The van der Waals surface area contributed by atoms with Crippen LogP contribution in [0.25, 0.3) is 16.9 Å². The Morgan fingerprint density at radius 2 is 1.31 bits per heavy atom. The Hall–Kier alpha value is -7.27. The van der Waals surface area contributed by atoms with Crippen LogP contribution >= 0.6 is 0 Å². The zero-order valence-corrected chi connectivity index (χ0v) is 42.3. The standard InChI is InChI=1S/C42H38N5O7.C10H15N2O4.W/c1-51-33-10-6-26(7-11-33)28-15-31-20-44-36-18-38(29(24-48)16-34(36)41(49)46(31)23-28)53-12-3-13-54-40-19-37-35(17-39(40)52-2)42(50)47-22-27(14-32(47)21-45-37)25-4-8-30(43)9-5-25;1-7(13)10(5-12(2)6-10)11-8(14)3-4-9(15)16;/h4-11,16-23,31-32,43,48H,3,12-15,24H2,1-2H3;1,3-6H2,2H3,(H,11,14)(H,15,16);/q2*-1;+2/t31-,32-;;/m0../s1. The summed E-state index contributed by atoms with van der Waals surface area (Å²) in [4.78, 5) is 75.0. The minimum atomic E-state index is -1.03. The van der Waals surface area contributed by atoms with Gasteiger partial charge in [0.25, 0.3) is 11.8 Å². The van der Waals surface area contributed by atoms with E-state index in [2.05, 4.69) is 22.2 Å². The Morgan fingerprint density at radius 1 is 0.775 bits per heavy atom. The number of carboxylic acid groups (broad SMARTS) is 1. The van der Waals surface area contributed by atoms with E-state index >= 15 is 0 Å². The number of fused-ring (bicyclic) bond motifs is 4. The van der Waals surface area contributed by atoms with Crippen molar-refractivity contribution in [1.82, 2.24) is 20.0 Å². The fourth-order valence-corrected chi connectivity index (χ4v) is 8.86. The molecule has 4 N–H and O–H groups in total. The number of ether oxygens (including phenoxy) is 4. The first-order valence-electron chi connectivity index (χ1n) is 22.6. The van der Waals surface area contributed by atoms with Crippen molar-refractivity contribution in [3.63, 3.8) is 0 Å². The molecule has 18 nitrogen and oxygen atoms in total. The van der Waals surface area contributed by atoms with Crippen LogP contribution in [0.1, 0.15) is 69.5 Å². The van der Waals surface area contributed by atoms with E-state index in [4.69, 9.17) is 29.8 Å². The number of amides is 3. The number of nitrogens with one attached hydrogen (secondary N) is 2. The van der Waals surface area contributed by atoms with Crippen LogP contribution < -0.4 is 24.3 Å². The van der Waals surface area contributed by atoms with Gasteiger partial charge in [0.05, 0.1) is 80.6 Å². The molecule has 4 aromatic carbocycles. The monoisotopic (exact) mass is 1140 g/mol.